The van der Waals surface area contributed by atoms with Crippen LogP contribution in [0.15, 0.2) is 4.99 Å². The van der Waals surface area contributed by atoms with E-state index in [0.29, 0.717) is 6.10 Å². The smallest absolute Gasteiger partial charge is 0.191 e. The van der Waals surface area contributed by atoms with Gasteiger partial charge in [0, 0.05) is 32.8 Å². The number of hydrogen-bond donors (Lipinski definition) is 2. The van der Waals surface area contributed by atoms with Gasteiger partial charge in [0.25, 0.3) is 0 Å². The Morgan fingerprint density at radius 1 is 1.12 bits per heavy atom. The summed E-state index contributed by atoms with van der Waals surface area (Å²) >= 11 is 0. The van der Waals surface area contributed by atoms with Crippen LogP contribution in [0.4, 0.5) is 0 Å². The molecule has 6 nitrogen and oxygen atoms in total. The summed E-state index contributed by atoms with van der Waals surface area (Å²) in [5, 5.41) is 6.74. The Kier molecular flexibility index (Phi) is 18.2. The molecule has 1 aliphatic heterocycles. The van der Waals surface area contributed by atoms with Crippen LogP contribution >= 0.6 is 24.0 Å². The van der Waals surface area contributed by atoms with Gasteiger partial charge in [-0.15, -0.1) is 24.0 Å². The number of halogens is 1. The molecule has 1 rings (SSSR count). The second-order valence-electron chi connectivity index (χ2n) is 6.97. The van der Waals surface area contributed by atoms with Crippen LogP contribution in [-0.4, -0.2) is 77.1 Å². The Hall–Kier alpha value is -0.120. The third kappa shape index (κ3) is 15.0. The average Bonchev–Trinajstić information content (AvgIpc) is 3.10. The van der Waals surface area contributed by atoms with E-state index in [-0.39, 0.29) is 24.0 Å². The van der Waals surface area contributed by atoms with Gasteiger partial charge < -0.3 is 25.0 Å². The normalized spacial score (nSPS) is 17.4. The lowest BCUT2D eigenvalue weighted by Crippen LogP contribution is -2.37. The van der Waals surface area contributed by atoms with E-state index in [2.05, 4.69) is 41.5 Å². The SMILES string of the molecule is CCNC(=NCCCOC1CCOC1)NCCCCCCCN(C)C.I. The predicted octanol–water partition coefficient (Wildman–Crippen LogP) is 2.87. The van der Waals surface area contributed by atoms with Gasteiger partial charge in [-0.1, -0.05) is 19.3 Å². The fourth-order valence-electron chi connectivity index (χ4n) is 2.78. The molecule has 0 amide bonds. The van der Waals surface area contributed by atoms with Crippen LogP contribution in [0.5, 0.6) is 0 Å². The third-order valence-electron chi connectivity index (χ3n) is 4.23. The first-order valence-corrected chi connectivity index (χ1v) is 10.1. The van der Waals surface area contributed by atoms with Crippen LogP contribution in [0.25, 0.3) is 0 Å². The van der Waals surface area contributed by atoms with Crippen molar-refractivity contribution in [1.82, 2.24) is 15.5 Å². The zero-order valence-corrected chi connectivity index (χ0v) is 19.4. The molecule has 0 spiro atoms. The first kappa shape index (κ1) is 25.9. The van der Waals surface area contributed by atoms with Gasteiger partial charge in [0.2, 0.25) is 0 Å². The fraction of sp³-hybridized carbons (Fsp3) is 0.947. The Morgan fingerprint density at radius 3 is 2.58 bits per heavy atom. The molecule has 1 atom stereocenters. The number of nitrogens with zero attached hydrogens (tertiary/aromatic N) is 2. The first-order chi connectivity index (χ1) is 12.2. The summed E-state index contributed by atoms with van der Waals surface area (Å²) in [6.45, 7) is 8.35. The molecule has 0 aromatic carbocycles. The number of guanidine groups is 1. The number of unbranched alkanes of at least 4 members (excludes halogenated alkanes) is 4. The number of nitrogens with one attached hydrogen (secondary N) is 2. The highest BCUT2D eigenvalue weighted by atomic mass is 127. The van der Waals surface area contributed by atoms with Crippen LogP contribution in [-0.2, 0) is 9.47 Å². The predicted molar refractivity (Wildman–Crippen MR) is 121 cm³/mol. The second-order valence-corrected chi connectivity index (χ2v) is 6.97. The van der Waals surface area contributed by atoms with Gasteiger partial charge in [-0.2, -0.15) is 0 Å². The van der Waals surface area contributed by atoms with E-state index in [4.69, 9.17) is 9.47 Å². The largest absolute Gasteiger partial charge is 0.379 e. The van der Waals surface area contributed by atoms with E-state index in [1.54, 1.807) is 0 Å². The summed E-state index contributed by atoms with van der Waals surface area (Å²) in [6, 6.07) is 0. The number of hydrogen-bond acceptors (Lipinski definition) is 4. The van der Waals surface area contributed by atoms with Crippen molar-refractivity contribution in [2.75, 3.05) is 60.1 Å². The summed E-state index contributed by atoms with van der Waals surface area (Å²) in [5.41, 5.74) is 0. The minimum Gasteiger partial charge on any atom is -0.379 e. The van der Waals surface area contributed by atoms with Crippen LogP contribution in [0.3, 0.4) is 0 Å². The van der Waals surface area contributed by atoms with Crippen molar-refractivity contribution in [3.05, 3.63) is 0 Å². The average molecular weight is 484 g/mol. The number of rotatable bonds is 14. The molecule has 0 aromatic heterocycles. The first-order valence-electron chi connectivity index (χ1n) is 10.1. The Bertz CT molecular complexity index is 338. The van der Waals surface area contributed by atoms with Crippen molar-refractivity contribution in [2.24, 2.45) is 4.99 Å². The maximum absolute atomic E-state index is 5.77. The third-order valence-corrected chi connectivity index (χ3v) is 4.23. The summed E-state index contributed by atoms with van der Waals surface area (Å²) in [4.78, 5) is 6.88. The van der Waals surface area contributed by atoms with Gasteiger partial charge in [-0.3, -0.25) is 4.99 Å². The van der Waals surface area contributed by atoms with E-state index in [0.717, 1.165) is 58.3 Å². The van der Waals surface area contributed by atoms with Crippen LogP contribution < -0.4 is 10.6 Å². The lowest BCUT2D eigenvalue weighted by atomic mass is 10.1. The summed E-state index contributed by atoms with van der Waals surface area (Å²) in [5.74, 6) is 0.930. The van der Waals surface area contributed by atoms with Crippen LogP contribution in [0.2, 0.25) is 0 Å². The molecular weight excluding hydrogens is 443 g/mol. The van der Waals surface area contributed by atoms with Crippen molar-refractivity contribution >= 4 is 29.9 Å². The lowest BCUT2D eigenvalue weighted by Gasteiger charge is -2.12. The minimum atomic E-state index is 0. The lowest BCUT2D eigenvalue weighted by molar-refractivity contribution is 0.0424. The molecule has 0 radical (unpaired) electrons. The molecule has 7 heteroatoms. The van der Waals surface area contributed by atoms with E-state index >= 15 is 0 Å². The van der Waals surface area contributed by atoms with Gasteiger partial charge >= 0.3 is 0 Å². The molecule has 1 heterocycles. The highest BCUT2D eigenvalue weighted by Gasteiger charge is 2.15. The van der Waals surface area contributed by atoms with Crippen molar-refractivity contribution in [2.45, 2.75) is 58.0 Å². The number of aliphatic imine (C=N–C) groups is 1. The van der Waals surface area contributed by atoms with Crippen LogP contribution in [0, 0.1) is 0 Å². The highest BCUT2D eigenvalue weighted by Crippen LogP contribution is 2.08. The molecule has 1 saturated heterocycles. The monoisotopic (exact) mass is 484 g/mol. The Morgan fingerprint density at radius 2 is 1.88 bits per heavy atom. The molecule has 0 bridgehead atoms. The molecule has 2 N–H and O–H groups in total. The minimum absolute atomic E-state index is 0. The Labute approximate surface area is 177 Å². The van der Waals surface area contributed by atoms with Crippen molar-refractivity contribution in [3.8, 4) is 0 Å². The van der Waals surface area contributed by atoms with Crippen molar-refractivity contribution < 1.29 is 9.47 Å². The van der Waals surface area contributed by atoms with Crippen molar-refractivity contribution in [3.63, 3.8) is 0 Å². The van der Waals surface area contributed by atoms with Gasteiger partial charge in [-0.05, 0) is 53.2 Å². The van der Waals surface area contributed by atoms with Gasteiger partial charge in [0.05, 0.1) is 12.7 Å². The molecule has 156 valence electrons. The van der Waals surface area contributed by atoms with Gasteiger partial charge in [-0.25, -0.2) is 0 Å². The van der Waals surface area contributed by atoms with Gasteiger partial charge in [0.1, 0.15) is 0 Å². The van der Waals surface area contributed by atoms with Crippen LogP contribution in [0.1, 0.15) is 51.9 Å². The Balaban J connectivity index is 0.00000625. The van der Waals surface area contributed by atoms with E-state index in [1.165, 1.54) is 38.6 Å². The zero-order chi connectivity index (χ0) is 18.2. The van der Waals surface area contributed by atoms with Crippen molar-refractivity contribution in [1.29, 1.82) is 0 Å². The molecule has 1 aliphatic rings. The molecule has 0 saturated carbocycles. The second kappa shape index (κ2) is 18.3. The maximum atomic E-state index is 5.77. The molecule has 0 aliphatic carbocycles. The summed E-state index contributed by atoms with van der Waals surface area (Å²) in [6.07, 6.45) is 8.74. The standard InChI is InChI=1S/C19H40N4O2.HI/c1-4-20-19(21-12-8-6-5-7-9-14-23(2)3)22-13-10-15-25-18-11-16-24-17-18;/h18H,4-17H2,1-3H3,(H2,20,21,22);1H. The molecule has 0 aromatic rings. The number of ether oxygens (including phenoxy) is 2. The molecule has 1 unspecified atom stereocenters. The van der Waals surface area contributed by atoms with Gasteiger partial charge in [0.15, 0.2) is 5.96 Å². The molecule has 26 heavy (non-hydrogen) atoms. The van der Waals surface area contributed by atoms with E-state index in [1.807, 2.05) is 0 Å². The molecule has 1 fully saturated rings. The zero-order valence-electron chi connectivity index (χ0n) is 17.1. The topological polar surface area (TPSA) is 58.1 Å². The highest BCUT2D eigenvalue weighted by molar-refractivity contribution is 14.0. The quantitative estimate of drug-likeness (QED) is 0.172. The summed E-state index contributed by atoms with van der Waals surface area (Å²) < 4.78 is 11.1. The summed E-state index contributed by atoms with van der Waals surface area (Å²) in [7, 11) is 4.28. The molecular formula is C19H41IN4O2. The maximum Gasteiger partial charge on any atom is 0.191 e. The van der Waals surface area contributed by atoms with E-state index in [9.17, 15) is 0 Å². The van der Waals surface area contributed by atoms with E-state index < -0.39 is 0 Å². The fourth-order valence-corrected chi connectivity index (χ4v) is 2.78.